The molecule has 1 amide bonds. The lowest BCUT2D eigenvalue weighted by molar-refractivity contribution is -0.0149. The van der Waals surface area contributed by atoms with Gasteiger partial charge < -0.3 is 14.8 Å². The molecule has 1 aliphatic heterocycles. The highest BCUT2D eigenvalue weighted by atomic mass is 79.9. The number of aromatic nitrogens is 1. The van der Waals surface area contributed by atoms with Crippen LogP contribution in [0.4, 0.5) is 0 Å². The van der Waals surface area contributed by atoms with Crippen molar-refractivity contribution in [1.29, 1.82) is 0 Å². The van der Waals surface area contributed by atoms with E-state index < -0.39 is 5.60 Å². The van der Waals surface area contributed by atoms with E-state index in [1.807, 2.05) is 0 Å². The van der Waals surface area contributed by atoms with Crippen LogP contribution >= 0.6 is 15.9 Å². The number of ether oxygens (including phenoxy) is 2. The molecule has 0 aromatic carbocycles. The molecule has 1 N–H and O–H groups in total. The maximum Gasteiger partial charge on any atom is 0.270 e. The Kier molecular flexibility index (Phi) is 4.31. The molecule has 2 heterocycles. The monoisotopic (exact) mass is 314 g/mol. The van der Waals surface area contributed by atoms with Gasteiger partial charge in [0.25, 0.3) is 5.91 Å². The zero-order valence-corrected chi connectivity index (χ0v) is 11.7. The Hall–Kier alpha value is -0.980. The van der Waals surface area contributed by atoms with Crippen LogP contribution in [0.5, 0.6) is 0 Å². The molecular weight excluding hydrogens is 300 g/mol. The Morgan fingerprint density at radius 1 is 1.67 bits per heavy atom. The number of rotatable bonds is 4. The van der Waals surface area contributed by atoms with Crippen molar-refractivity contribution in [2.75, 3.05) is 26.9 Å². The van der Waals surface area contributed by atoms with Crippen LogP contribution in [-0.4, -0.2) is 43.4 Å². The quantitative estimate of drug-likeness (QED) is 0.853. The SMILES string of the molecule is COC1(CNC(=O)c2cccc(Br)n2)CCOC1. The zero-order valence-electron chi connectivity index (χ0n) is 10.1. The van der Waals surface area contributed by atoms with E-state index >= 15 is 0 Å². The molecule has 5 nitrogen and oxygen atoms in total. The number of carbonyl (C=O) groups excluding carboxylic acids is 1. The highest BCUT2D eigenvalue weighted by Gasteiger charge is 2.35. The zero-order chi connectivity index (χ0) is 13.0. The molecule has 1 fully saturated rings. The van der Waals surface area contributed by atoms with E-state index in [0.717, 1.165) is 6.42 Å². The molecule has 0 radical (unpaired) electrons. The Labute approximate surface area is 114 Å². The summed E-state index contributed by atoms with van der Waals surface area (Å²) in [7, 11) is 1.64. The second-order valence-electron chi connectivity index (χ2n) is 4.22. The topological polar surface area (TPSA) is 60.5 Å². The summed E-state index contributed by atoms with van der Waals surface area (Å²) in [6, 6.07) is 5.22. The van der Waals surface area contributed by atoms with E-state index in [1.165, 1.54) is 0 Å². The van der Waals surface area contributed by atoms with Crippen molar-refractivity contribution in [3.8, 4) is 0 Å². The lowest BCUT2D eigenvalue weighted by Gasteiger charge is -2.25. The van der Waals surface area contributed by atoms with Gasteiger partial charge in [0.2, 0.25) is 0 Å². The van der Waals surface area contributed by atoms with Crippen molar-refractivity contribution in [2.24, 2.45) is 0 Å². The molecule has 1 saturated heterocycles. The van der Waals surface area contributed by atoms with Gasteiger partial charge in [-0.1, -0.05) is 6.07 Å². The van der Waals surface area contributed by atoms with Gasteiger partial charge in [0.1, 0.15) is 15.9 Å². The van der Waals surface area contributed by atoms with Gasteiger partial charge in [-0.3, -0.25) is 4.79 Å². The fraction of sp³-hybridized carbons (Fsp3) is 0.500. The lowest BCUT2D eigenvalue weighted by Crippen LogP contribution is -2.45. The molecule has 98 valence electrons. The first kappa shape index (κ1) is 13.5. The summed E-state index contributed by atoms with van der Waals surface area (Å²) in [5, 5.41) is 2.83. The van der Waals surface area contributed by atoms with Crippen molar-refractivity contribution in [2.45, 2.75) is 12.0 Å². The van der Waals surface area contributed by atoms with E-state index in [1.54, 1.807) is 25.3 Å². The van der Waals surface area contributed by atoms with Crippen LogP contribution in [0.25, 0.3) is 0 Å². The summed E-state index contributed by atoms with van der Waals surface area (Å²) in [5.74, 6) is -0.209. The second kappa shape index (κ2) is 5.77. The first-order valence-electron chi connectivity index (χ1n) is 5.69. The second-order valence-corrected chi connectivity index (χ2v) is 5.03. The Morgan fingerprint density at radius 2 is 2.50 bits per heavy atom. The maximum absolute atomic E-state index is 11.9. The van der Waals surface area contributed by atoms with Gasteiger partial charge in [-0.15, -0.1) is 0 Å². The summed E-state index contributed by atoms with van der Waals surface area (Å²) < 4.78 is 11.4. The van der Waals surface area contributed by atoms with Gasteiger partial charge in [-0.2, -0.15) is 0 Å². The first-order chi connectivity index (χ1) is 8.65. The van der Waals surface area contributed by atoms with Crippen LogP contribution in [0.1, 0.15) is 16.9 Å². The predicted molar refractivity (Wildman–Crippen MR) is 69.4 cm³/mol. The average Bonchev–Trinajstić information content (AvgIpc) is 2.85. The Morgan fingerprint density at radius 3 is 3.11 bits per heavy atom. The third-order valence-corrected chi connectivity index (χ3v) is 3.46. The van der Waals surface area contributed by atoms with E-state index in [-0.39, 0.29) is 5.91 Å². The van der Waals surface area contributed by atoms with Crippen molar-refractivity contribution in [3.05, 3.63) is 28.5 Å². The molecule has 6 heteroatoms. The van der Waals surface area contributed by atoms with Gasteiger partial charge in [-0.25, -0.2) is 4.98 Å². The highest BCUT2D eigenvalue weighted by Crippen LogP contribution is 2.21. The van der Waals surface area contributed by atoms with Crippen molar-refractivity contribution in [3.63, 3.8) is 0 Å². The number of carbonyl (C=O) groups is 1. The molecule has 0 aliphatic carbocycles. The number of hydrogen-bond acceptors (Lipinski definition) is 4. The molecule has 18 heavy (non-hydrogen) atoms. The van der Waals surface area contributed by atoms with Crippen LogP contribution in [-0.2, 0) is 9.47 Å². The smallest absolute Gasteiger partial charge is 0.270 e. The number of amides is 1. The number of hydrogen-bond donors (Lipinski definition) is 1. The Bertz CT molecular complexity index is 433. The van der Waals surface area contributed by atoms with Crippen LogP contribution in [0.3, 0.4) is 0 Å². The van der Waals surface area contributed by atoms with Crippen LogP contribution in [0.2, 0.25) is 0 Å². The Balaban J connectivity index is 1.96. The lowest BCUT2D eigenvalue weighted by atomic mass is 10.0. The van der Waals surface area contributed by atoms with Crippen molar-refractivity contribution in [1.82, 2.24) is 10.3 Å². The normalized spacial score (nSPS) is 23.0. The van der Waals surface area contributed by atoms with Gasteiger partial charge >= 0.3 is 0 Å². The minimum absolute atomic E-state index is 0.209. The van der Waals surface area contributed by atoms with Gasteiger partial charge in [0, 0.05) is 26.7 Å². The standard InChI is InChI=1S/C12H15BrN2O3/c1-17-12(5-6-18-8-12)7-14-11(16)9-3-2-4-10(13)15-9/h2-4H,5-8H2,1H3,(H,14,16). The molecule has 1 atom stereocenters. The van der Waals surface area contributed by atoms with E-state index in [9.17, 15) is 4.79 Å². The molecule has 0 bridgehead atoms. The maximum atomic E-state index is 11.9. The molecule has 0 saturated carbocycles. The molecule has 1 aromatic heterocycles. The molecule has 1 aliphatic rings. The molecule has 0 spiro atoms. The molecule has 2 rings (SSSR count). The summed E-state index contributed by atoms with van der Waals surface area (Å²) in [6.07, 6.45) is 0.787. The van der Waals surface area contributed by atoms with Crippen molar-refractivity contribution >= 4 is 21.8 Å². The number of pyridine rings is 1. The van der Waals surface area contributed by atoms with E-state index in [2.05, 4.69) is 26.2 Å². The number of methoxy groups -OCH3 is 1. The van der Waals surface area contributed by atoms with E-state index in [4.69, 9.17) is 9.47 Å². The fourth-order valence-electron chi connectivity index (χ4n) is 1.83. The molecule has 1 unspecified atom stereocenters. The minimum atomic E-state index is -0.401. The van der Waals surface area contributed by atoms with Crippen molar-refractivity contribution < 1.29 is 14.3 Å². The first-order valence-corrected chi connectivity index (χ1v) is 6.48. The van der Waals surface area contributed by atoms with Crippen LogP contribution < -0.4 is 5.32 Å². The van der Waals surface area contributed by atoms with E-state index in [0.29, 0.717) is 30.1 Å². The fourth-order valence-corrected chi connectivity index (χ4v) is 2.17. The van der Waals surface area contributed by atoms with Gasteiger partial charge in [0.05, 0.1) is 6.61 Å². The summed E-state index contributed by atoms with van der Waals surface area (Å²) in [4.78, 5) is 16.0. The third-order valence-electron chi connectivity index (χ3n) is 3.02. The molecule has 1 aromatic rings. The molecular formula is C12H15BrN2O3. The van der Waals surface area contributed by atoms with Gasteiger partial charge in [0.15, 0.2) is 0 Å². The highest BCUT2D eigenvalue weighted by molar-refractivity contribution is 9.10. The third kappa shape index (κ3) is 3.07. The summed E-state index contributed by atoms with van der Waals surface area (Å²) >= 11 is 3.24. The van der Waals surface area contributed by atoms with Gasteiger partial charge in [-0.05, 0) is 28.1 Å². The average molecular weight is 315 g/mol. The summed E-state index contributed by atoms with van der Waals surface area (Å²) in [6.45, 7) is 1.60. The predicted octanol–water partition coefficient (Wildman–Crippen LogP) is 1.38. The van der Waals surface area contributed by atoms with Crippen LogP contribution in [0.15, 0.2) is 22.8 Å². The minimum Gasteiger partial charge on any atom is -0.378 e. The number of halogens is 1. The number of nitrogens with zero attached hydrogens (tertiary/aromatic N) is 1. The largest absolute Gasteiger partial charge is 0.378 e. The number of nitrogens with one attached hydrogen (secondary N) is 1. The summed E-state index contributed by atoms with van der Waals surface area (Å²) in [5.41, 5.74) is -0.0173. The van der Waals surface area contributed by atoms with Crippen LogP contribution in [0, 0.1) is 0 Å².